The van der Waals surface area contributed by atoms with E-state index in [9.17, 15) is 9.59 Å². The monoisotopic (exact) mass is 444 g/mol. The van der Waals surface area contributed by atoms with Crippen molar-refractivity contribution in [3.05, 3.63) is 24.3 Å². The number of anilines is 1. The summed E-state index contributed by atoms with van der Waals surface area (Å²) in [4.78, 5) is 31.4. The van der Waals surface area contributed by atoms with Crippen molar-refractivity contribution in [2.45, 2.75) is 65.5 Å². The first kappa shape index (κ1) is 24.0. The third kappa shape index (κ3) is 6.69. The van der Waals surface area contributed by atoms with Crippen LogP contribution in [0, 0.1) is 5.92 Å². The molecule has 1 saturated heterocycles. The van der Waals surface area contributed by atoms with Crippen molar-refractivity contribution in [2.75, 3.05) is 31.6 Å². The summed E-state index contributed by atoms with van der Waals surface area (Å²) in [6, 6.07) is 7.90. The predicted molar refractivity (Wildman–Crippen MR) is 125 cm³/mol. The molecule has 0 bridgehead atoms. The van der Waals surface area contributed by atoms with Crippen molar-refractivity contribution in [1.29, 1.82) is 0 Å². The number of aromatic nitrogens is 2. The molecule has 1 fully saturated rings. The fourth-order valence-corrected chi connectivity index (χ4v) is 3.95. The van der Waals surface area contributed by atoms with Crippen LogP contribution in [0.3, 0.4) is 0 Å². The number of amides is 2. The third-order valence-electron chi connectivity index (χ3n) is 5.52. The second-order valence-electron chi connectivity index (χ2n) is 9.29. The molecule has 1 aromatic heterocycles. The van der Waals surface area contributed by atoms with Gasteiger partial charge in [0.25, 0.3) is 0 Å². The number of rotatable bonds is 8. The zero-order chi connectivity index (χ0) is 23.1. The van der Waals surface area contributed by atoms with E-state index in [-0.39, 0.29) is 17.9 Å². The summed E-state index contributed by atoms with van der Waals surface area (Å²) in [7, 11) is 0. The molecular formula is C24H36N4O4. The van der Waals surface area contributed by atoms with E-state index in [1.807, 2.05) is 52.0 Å². The first-order chi connectivity index (χ1) is 15.3. The highest BCUT2D eigenvalue weighted by molar-refractivity contribution is 5.91. The van der Waals surface area contributed by atoms with Gasteiger partial charge in [-0.2, -0.15) is 0 Å². The number of hydrogen-bond donors (Lipinski definition) is 1. The van der Waals surface area contributed by atoms with Crippen LogP contribution < -0.4 is 5.32 Å². The Morgan fingerprint density at radius 1 is 1.19 bits per heavy atom. The largest absolute Gasteiger partial charge is 0.444 e. The predicted octanol–water partition coefficient (Wildman–Crippen LogP) is 4.44. The van der Waals surface area contributed by atoms with Crippen LogP contribution in [0.25, 0.3) is 11.0 Å². The molecule has 2 aromatic rings. The van der Waals surface area contributed by atoms with E-state index >= 15 is 0 Å². The highest BCUT2D eigenvalue weighted by Crippen LogP contribution is 2.24. The maximum Gasteiger partial charge on any atom is 0.410 e. The molecule has 0 atom stereocenters. The second kappa shape index (κ2) is 10.8. The van der Waals surface area contributed by atoms with Gasteiger partial charge >= 0.3 is 6.09 Å². The van der Waals surface area contributed by atoms with Crippen molar-refractivity contribution < 1.29 is 19.1 Å². The Kier molecular flexibility index (Phi) is 8.12. The Balaban J connectivity index is 1.55. The Labute approximate surface area is 190 Å². The lowest BCUT2D eigenvalue weighted by atomic mass is 9.93. The summed E-state index contributed by atoms with van der Waals surface area (Å²) in [6.07, 6.45) is 2.57. The maximum atomic E-state index is 12.8. The minimum absolute atomic E-state index is 0.0397. The van der Waals surface area contributed by atoms with Crippen molar-refractivity contribution >= 4 is 29.0 Å². The average Bonchev–Trinajstić information content (AvgIpc) is 3.07. The molecule has 0 saturated carbocycles. The number of ether oxygens (including phenoxy) is 2. The van der Waals surface area contributed by atoms with Crippen LogP contribution in [0.5, 0.6) is 0 Å². The number of carbonyl (C=O) groups excluding carboxylic acids is 2. The summed E-state index contributed by atoms with van der Waals surface area (Å²) in [5, 5.41) is 3.02. The number of hydrogen-bond acceptors (Lipinski definition) is 5. The highest BCUT2D eigenvalue weighted by atomic mass is 16.6. The molecule has 1 aromatic carbocycles. The molecular weight excluding hydrogens is 408 g/mol. The number of likely N-dealkylation sites (tertiary alicyclic amines) is 1. The van der Waals surface area contributed by atoms with E-state index in [1.165, 1.54) is 0 Å². The van der Waals surface area contributed by atoms with Crippen LogP contribution in [-0.4, -0.2) is 58.4 Å². The smallest absolute Gasteiger partial charge is 0.410 e. The molecule has 2 amide bonds. The van der Waals surface area contributed by atoms with Crippen LogP contribution in [0.2, 0.25) is 0 Å². The van der Waals surface area contributed by atoms with Gasteiger partial charge in [-0.3, -0.25) is 10.1 Å². The Hall–Kier alpha value is -2.61. The number of nitrogens with one attached hydrogen (secondary N) is 1. The van der Waals surface area contributed by atoms with Gasteiger partial charge in [-0.25, -0.2) is 9.78 Å². The van der Waals surface area contributed by atoms with Crippen molar-refractivity contribution in [2.24, 2.45) is 5.92 Å². The van der Waals surface area contributed by atoms with Gasteiger partial charge in [-0.15, -0.1) is 0 Å². The SMILES string of the molecule is CCOCCCn1c(NC(=O)CC2CCN(C(=O)OC(C)(C)C)CC2)nc2ccccc21. The summed E-state index contributed by atoms with van der Waals surface area (Å²) in [5.74, 6) is 0.783. The second-order valence-corrected chi connectivity index (χ2v) is 9.29. The molecule has 8 heteroatoms. The summed E-state index contributed by atoms with van der Waals surface area (Å²) in [6.45, 7) is 10.9. The number of piperidine rings is 1. The molecule has 0 spiro atoms. The molecule has 0 unspecified atom stereocenters. The Morgan fingerprint density at radius 3 is 2.59 bits per heavy atom. The molecule has 3 rings (SSSR count). The minimum atomic E-state index is -0.498. The Morgan fingerprint density at radius 2 is 1.91 bits per heavy atom. The number of imidazole rings is 1. The van der Waals surface area contributed by atoms with E-state index < -0.39 is 5.60 Å². The number of fused-ring (bicyclic) bond motifs is 1. The van der Waals surface area contributed by atoms with Crippen molar-refractivity contribution in [1.82, 2.24) is 14.5 Å². The van der Waals surface area contributed by atoms with Gasteiger partial charge in [0, 0.05) is 39.3 Å². The molecule has 32 heavy (non-hydrogen) atoms. The van der Waals surface area contributed by atoms with E-state index in [0.29, 0.717) is 38.7 Å². The van der Waals surface area contributed by atoms with Crippen LogP contribution >= 0.6 is 0 Å². The number of carbonyl (C=O) groups is 2. The van der Waals surface area contributed by atoms with E-state index in [2.05, 4.69) is 14.9 Å². The lowest BCUT2D eigenvalue weighted by Gasteiger charge is -2.33. The third-order valence-corrected chi connectivity index (χ3v) is 5.52. The number of benzene rings is 1. The zero-order valence-electron chi connectivity index (χ0n) is 19.7. The lowest BCUT2D eigenvalue weighted by molar-refractivity contribution is -0.117. The Bertz CT molecular complexity index is 910. The standard InChI is InChI=1S/C24H36N4O4/c1-5-31-16-8-13-28-20-10-7-6-9-19(20)25-22(28)26-21(29)17-18-11-14-27(15-12-18)23(30)32-24(2,3)4/h6-7,9-10,18H,5,8,11-17H2,1-4H3,(H,25,26,29). The topological polar surface area (TPSA) is 85.7 Å². The van der Waals surface area contributed by atoms with Gasteiger partial charge in [0.05, 0.1) is 11.0 Å². The zero-order valence-corrected chi connectivity index (χ0v) is 19.7. The van der Waals surface area contributed by atoms with E-state index in [0.717, 1.165) is 36.8 Å². The maximum absolute atomic E-state index is 12.8. The van der Waals surface area contributed by atoms with Crippen LogP contribution in [-0.2, 0) is 20.8 Å². The normalized spacial score (nSPS) is 15.2. The van der Waals surface area contributed by atoms with Crippen LogP contribution in [0.15, 0.2) is 24.3 Å². The molecule has 2 heterocycles. The molecule has 176 valence electrons. The fraction of sp³-hybridized carbons (Fsp3) is 0.625. The molecule has 0 radical (unpaired) electrons. The van der Waals surface area contributed by atoms with Gasteiger partial charge in [-0.05, 0) is 65.0 Å². The van der Waals surface area contributed by atoms with Crippen LogP contribution in [0.4, 0.5) is 10.7 Å². The molecule has 0 aliphatic carbocycles. The van der Waals surface area contributed by atoms with Crippen molar-refractivity contribution in [3.63, 3.8) is 0 Å². The first-order valence-electron chi connectivity index (χ1n) is 11.6. The lowest BCUT2D eigenvalue weighted by Crippen LogP contribution is -2.42. The summed E-state index contributed by atoms with van der Waals surface area (Å²) in [5.41, 5.74) is 1.37. The van der Waals surface area contributed by atoms with Crippen molar-refractivity contribution in [3.8, 4) is 0 Å². The molecule has 1 N–H and O–H groups in total. The average molecular weight is 445 g/mol. The molecule has 8 nitrogen and oxygen atoms in total. The van der Waals surface area contributed by atoms with Gasteiger partial charge in [0.2, 0.25) is 11.9 Å². The highest BCUT2D eigenvalue weighted by Gasteiger charge is 2.28. The molecule has 1 aliphatic heterocycles. The van der Waals surface area contributed by atoms with E-state index in [1.54, 1.807) is 4.90 Å². The summed E-state index contributed by atoms with van der Waals surface area (Å²) >= 11 is 0. The van der Waals surface area contributed by atoms with Gasteiger partial charge in [0.15, 0.2) is 0 Å². The fourth-order valence-electron chi connectivity index (χ4n) is 3.95. The number of para-hydroxylation sites is 2. The minimum Gasteiger partial charge on any atom is -0.444 e. The first-order valence-corrected chi connectivity index (χ1v) is 11.6. The van der Waals surface area contributed by atoms with Gasteiger partial charge in [0.1, 0.15) is 5.60 Å². The van der Waals surface area contributed by atoms with Gasteiger partial charge < -0.3 is 18.9 Å². The molecule has 1 aliphatic rings. The quantitative estimate of drug-likeness (QED) is 0.609. The van der Waals surface area contributed by atoms with Gasteiger partial charge in [-0.1, -0.05) is 12.1 Å². The number of aryl methyl sites for hydroxylation is 1. The van der Waals surface area contributed by atoms with E-state index in [4.69, 9.17) is 9.47 Å². The van der Waals surface area contributed by atoms with Crippen LogP contribution in [0.1, 0.15) is 53.4 Å². The summed E-state index contributed by atoms with van der Waals surface area (Å²) < 4.78 is 13.0. The number of nitrogens with zero attached hydrogens (tertiary/aromatic N) is 3.